The highest BCUT2D eigenvalue weighted by atomic mass is 79.9. The zero-order valence-electron chi connectivity index (χ0n) is 15.1. The predicted molar refractivity (Wildman–Crippen MR) is 118 cm³/mol. The topological polar surface area (TPSA) is 113 Å². The molecule has 0 saturated heterocycles. The van der Waals surface area contributed by atoms with E-state index in [1.165, 1.54) is 60.7 Å². The van der Waals surface area contributed by atoms with Crippen LogP contribution < -0.4 is 10.0 Å². The van der Waals surface area contributed by atoms with E-state index in [4.69, 9.17) is 11.6 Å². The Morgan fingerprint density at radius 2 is 1.63 bits per heavy atom. The molecule has 0 bridgehead atoms. The molecule has 1 amide bonds. The van der Waals surface area contributed by atoms with E-state index in [1.807, 2.05) is 0 Å². The van der Waals surface area contributed by atoms with Gasteiger partial charge in [0.15, 0.2) is 0 Å². The van der Waals surface area contributed by atoms with Gasteiger partial charge in [-0.3, -0.25) is 9.52 Å². The van der Waals surface area contributed by atoms with Crippen molar-refractivity contribution in [2.45, 2.75) is 4.90 Å². The third kappa shape index (κ3) is 4.99. The minimum absolute atomic E-state index is 0.0369. The van der Waals surface area contributed by atoms with Gasteiger partial charge in [-0.25, -0.2) is 13.2 Å². The van der Waals surface area contributed by atoms with Crippen LogP contribution in [0.5, 0.6) is 0 Å². The number of halogens is 2. The second-order valence-corrected chi connectivity index (χ2v) is 9.00. The lowest BCUT2D eigenvalue weighted by atomic mass is 10.1. The summed E-state index contributed by atoms with van der Waals surface area (Å²) in [5, 5.41) is 12.2. The summed E-state index contributed by atoms with van der Waals surface area (Å²) in [6.07, 6.45) is 0. The van der Waals surface area contributed by atoms with Gasteiger partial charge in [-0.15, -0.1) is 0 Å². The molecule has 0 unspecified atom stereocenters. The number of para-hydroxylation sites is 1. The van der Waals surface area contributed by atoms with E-state index in [-0.39, 0.29) is 26.2 Å². The first-order valence-electron chi connectivity index (χ1n) is 8.39. The molecule has 0 aliphatic heterocycles. The van der Waals surface area contributed by atoms with Crippen LogP contribution in [-0.2, 0) is 10.0 Å². The quantitative estimate of drug-likeness (QED) is 0.439. The first-order chi connectivity index (χ1) is 14.2. The number of aromatic carboxylic acids is 1. The molecular weight excluding hydrogens is 496 g/mol. The van der Waals surface area contributed by atoms with Gasteiger partial charge in [-0.1, -0.05) is 23.7 Å². The summed E-state index contributed by atoms with van der Waals surface area (Å²) in [5.74, 6) is -1.85. The highest BCUT2D eigenvalue weighted by molar-refractivity contribution is 9.10. The molecule has 3 aromatic carbocycles. The number of hydrogen-bond acceptors (Lipinski definition) is 4. The van der Waals surface area contributed by atoms with E-state index in [0.717, 1.165) is 0 Å². The molecule has 0 spiro atoms. The normalized spacial score (nSPS) is 11.0. The van der Waals surface area contributed by atoms with Crippen molar-refractivity contribution in [1.82, 2.24) is 0 Å². The standard InChI is InChI=1S/C20H14BrClN2O5S/c21-16-10-5-12(19(25)23-17-4-2-1-3-15(17)20(26)27)11-18(16)30(28,29)24-14-8-6-13(22)7-9-14/h1-11,24H,(H,23,25)(H,26,27). The Morgan fingerprint density at radius 3 is 2.30 bits per heavy atom. The maximum Gasteiger partial charge on any atom is 0.337 e. The number of anilines is 2. The van der Waals surface area contributed by atoms with Crippen molar-refractivity contribution >= 4 is 60.8 Å². The minimum atomic E-state index is -4.02. The molecule has 30 heavy (non-hydrogen) atoms. The third-order valence-corrected chi connectivity index (χ3v) is 6.61. The van der Waals surface area contributed by atoms with Gasteiger partial charge in [0.1, 0.15) is 4.90 Å². The van der Waals surface area contributed by atoms with E-state index in [0.29, 0.717) is 10.7 Å². The lowest BCUT2D eigenvalue weighted by Gasteiger charge is -2.12. The van der Waals surface area contributed by atoms with Gasteiger partial charge >= 0.3 is 5.97 Å². The Balaban J connectivity index is 1.90. The van der Waals surface area contributed by atoms with Crippen LogP contribution in [0.1, 0.15) is 20.7 Å². The molecule has 10 heteroatoms. The molecule has 3 rings (SSSR count). The van der Waals surface area contributed by atoms with Crippen LogP contribution in [0.4, 0.5) is 11.4 Å². The average molecular weight is 510 g/mol. The number of nitrogens with one attached hydrogen (secondary N) is 2. The minimum Gasteiger partial charge on any atom is -0.478 e. The number of carbonyl (C=O) groups is 2. The second-order valence-electron chi connectivity index (χ2n) is 6.06. The van der Waals surface area contributed by atoms with Crippen molar-refractivity contribution in [1.29, 1.82) is 0 Å². The Bertz CT molecular complexity index is 1230. The number of sulfonamides is 1. The zero-order valence-corrected chi connectivity index (χ0v) is 18.3. The van der Waals surface area contributed by atoms with Crippen molar-refractivity contribution in [3.05, 3.63) is 87.4 Å². The number of carboxylic acid groups (broad SMARTS) is 1. The fraction of sp³-hybridized carbons (Fsp3) is 0. The molecule has 3 aromatic rings. The first-order valence-corrected chi connectivity index (χ1v) is 11.0. The highest BCUT2D eigenvalue weighted by Gasteiger charge is 2.21. The van der Waals surface area contributed by atoms with Crippen LogP contribution in [0.25, 0.3) is 0 Å². The summed E-state index contributed by atoms with van der Waals surface area (Å²) >= 11 is 9.00. The summed E-state index contributed by atoms with van der Waals surface area (Å²) < 4.78 is 28.3. The lowest BCUT2D eigenvalue weighted by Crippen LogP contribution is -2.17. The summed E-state index contributed by atoms with van der Waals surface area (Å²) in [6.45, 7) is 0. The molecule has 154 valence electrons. The highest BCUT2D eigenvalue weighted by Crippen LogP contribution is 2.27. The van der Waals surface area contributed by atoms with Gasteiger partial charge in [-0.05, 0) is 70.5 Å². The molecule has 0 aliphatic carbocycles. The van der Waals surface area contributed by atoms with Crippen LogP contribution in [0.2, 0.25) is 5.02 Å². The Kier molecular flexibility index (Phi) is 6.45. The molecule has 0 aromatic heterocycles. The van der Waals surface area contributed by atoms with Crippen LogP contribution in [0, 0.1) is 0 Å². The third-order valence-electron chi connectivity index (χ3n) is 3.99. The van der Waals surface area contributed by atoms with Gasteiger partial charge < -0.3 is 10.4 Å². The smallest absolute Gasteiger partial charge is 0.337 e. The van der Waals surface area contributed by atoms with E-state index in [2.05, 4.69) is 26.0 Å². The summed E-state index contributed by atoms with van der Waals surface area (Å²) in [4.78, 5) is 23.8. The molecule has 0 radical (unpaired) electrons. The van der Waals surface area contributed by atoms with E-state index in [1.54, 1.807) is 6.07 Å². The monoisotopic (exact) mass is 508 g/mol. The molecule has 7 nitrogen and oxygen atoms in total. The number of hydrogen-bond donors (Lipinski definition) is 3. The zero-order chi connectivity index (χ0) is 21.9. The van der Waals surface area contributed by atoms with Crippen molar-refractivity contribution in [3.63, 3.8) is 0 Å². The summed E-state index contributed by atoms with van der Waals surface area (Å²) in [6, 6.07) is 16.0. The lowest BCUT2D eigenvalue weighted by molar-refractivity contribution is 0.0698. The Labute approximate surface area is 185 Å². The van der Waals surface area contributed by atoms with Crippen LogP contribution in [0.15, 0.2) is 76.1 Å². The molecule has 0 heterocycles. The van der Waals surface area contributed by atoms with E-state index >= 15 is 0 Å². The molecule has 0 fully saturated rings. The van der Waals surface area contributed by atoms with Gasteiger partial charge in [0.25, 0.3) is 15.9 Å². The predicted octanol–water partition coefficient (Wildman–Crippen LogP) is 4.85. The van der Waals surface area contributed by atoms with Gasteiger partial charge in [0.2, 0.25) is 0 Å². The van der Waals surface area contributed by atoms with Crippen molar-refractivity contribution in [3.8, 4) is 0 Å². The van der Waals surface area contributed by atoms with Crippen LogP contribution >= 0.6 is 27.5 Å². The van der Waals surface area contributed by atoms with Gasteiger partial charge in [-0.2, -0.15) is 0 Å². The number of rotatable bonds is 6. The molecule has 0 saturated carbocycles. The fourth-order valence-electron chi connectivity index (χ4n) is 2.55. The second kappa shape index (κ2) is 8.86. The number of benzene rings is 3. The molecule has 3 N–H and O–H groups in total. The maximum absolute atomic E-state index is 12.8. The Morgan fingerprint density at radius 1 is 0.967 bits per heavy atom. The van der Waals surface area contributed by atoms with Crippen molar-refractivity contribution in [2.24, 2.45) is 0 Å². The summed E-state index contributed by atoms with van der Waals surface area (Å²) in [5.41, 5.74) is 0.355. The first kappa shape index (κ1) is 21.8. The van der Waals surface area contributed by atoms with Crippen molar-refractivity contribution < 1.29 is 23.1 Å². The molecule has 0 aliphatic rings. The van der Waals surface area contributed by atoms with Crippen molar-refractivity contribution in [2.75, 3.05) is 10.0 Å². The fourth-order valence-corrected chi connectivity index (χ4v) is 4.73. The van der Waals surface area contributed by atoms with Crippen LogP contribution in [-0.4, -0.2) is 25.4 Å². The number of carbonyl (C=O) groups excluding carboxylic acids is 1. The van der Waals surface area contributed by atoms with Gasteiger partial charge in [0.05, 0.1) is 11.3 Å². The van der Waals surface area contributed by atoms with E-state index < -0.39 is 21.9 Å². The number of amides is 1. The largest absolute Gasteiger partial charge is 0.478 e. The molecule has 0 atom stereocenters. The maximum atomic E-state index is 12.8. The SMILES string of the molecule is O=C(Nc1ccccc1C(=O)O)c1ccc(Br)c(S(=O)(=O)Nc2ccc(Cl)cc2)c1. The summed E-state index contributed by atoms with van der Waals surface area (Å²) in [7, 11) is -4.02. The Hall–Kier alpha value is -2.88. The molecular formula is C20H14BrClN2O5S. The van der Waals surface area contributed by atoms with Gasteiger partial charge in [0, 0.05) is 20.7 Å². The average Bonchev–Trinajstić information content (AvgIpc) is 2.70. The van der Waals surface area contributed by atoms with Crippen LogP contribution in [0.3, 0.4) is 0 Å². The van der Waals surface area contributed by atoms with E-state index in [9.17, 15) is 23.1 Å². The number of carboxylic acids is 1.